The summed E-state index contributed by atoms with van der Waals surface area (Å²) >= 11 is -0.162. The summed E-state index contributed by atoms with van der Waals surface area (Å²) in [7, 11) is 0. The lowest BCUT2D eigenvalue weighted by atomic mass is 9.68. The monoisotopic (exact) mass is 340 g/mol. The Bertz CT molecular complexity index is 670. The normalized spacial score (nSPS) is 17.5. The second-order valence-electron chi connectivity index (χ2n) is 4.52. The zero-order valence-corrected chi connectivity index (χ0v) is 11.2. The van der Waals surface area contributed by atoms with E-state index in [9.17, 15) is 31.5 Å². The van der Waals surface area contributed by atoms with E-state index >= 15 is 0 Å². The highest BCUT2D eigenvalue weighted by Gasteiger charge is 2.61. The number of rotatable bonds is 3. The van der Waals surface area contributed by atoms with E-state index in [1.54, 1.807) is 6.07 Å². The molecule has 0 bridgehead atoms. The van der Waals surface area contributed by atoms with Crippen LogP contribution in [0.4, 0.5) is 27.1 Å². The summed E-state index contributed by atoms with van der Waals surface area (Å²) in [6, 6.07) is 1.62. The molecule has 0 unspecified atom stereocenters. The van der Waals surface area contributed by atoms with Crippen LogP contribution in [0.2, 0.25) is 0 Å². The van der Waals surface area contributed by atoms with E-state index in [4.69, 9.17) is 5.26 Å². The van der Waals surface area contributed by atoms with E-state index in [0.717, 1.165) is 0 Å². The van der Waals surface area contributed by atoms with Gasteiger partial charge in [-0.25, -0.2) is 0 Å². The summed E-state index contributed by atoms with van der Waals surface area (Å²) in [6.45, 7) is 0. The summed E-state index contributed by atoms with van der Waals surface area (Å²) in [5.74, 6) is -6.53. The highest BCUT2D eigenvalue weighted by molar-refractivity contribution is 7.15. The molecular weight excluding hydrogens is 335 g/mol. The Labute approximate surface area is 122 Å². The largest absolute Gasteiger partial charge is 0.460 e. The van der Waals surface area contributed by atoms with Crippen molar-refractivity contribution in [3.63, 3.8) is 0 Å². The van der Waals surface area contributed by atoms with Crippen LogP contribution in [0.1, 0.15) is 17.8 Å². The molecule has 0 spiro atoms. The molecule has 1 aliphatic carbocycles. The van der Waals surface area contributed by atoms with Gasteiger partial charge in [0.15, 0.2) is 5.01 Å². The minimum absolute atomic E-state index is 0.162. The van der Waals surface area contributed by atoms with Gasteiger partial charge in [-0.2, -0.15) is 27.2 Å². The second-order valence-corrected chi connectivity index (χ2v) is 5.50. The molecule has 0 atom stereocenters. The third kappa shape index (κ3) is 2.52. The molecule has 22 heavy (non-hydrogen) atoms. The minimum Gasteiger partial charge on any atom is -0.300 e. The molecule has 1 fully saturated rings. The molecule has 1 amide bonds. The zero-order valence-electron chi connectivity index (χ0n) is 10.4. The van der Waals surface area contributed by atoms with Crippen molar-refractivity contribution in [2.75, 3.05) is 5.32 Å². The number of carbonyl (C=O) groups is 2. The number of hydrogen-bond acceptors (Lipinski definition) is 6. The van der Waals surface area contributed by atoms with Crippen LogP contribution in [-0.2, 0) is 15.5 Å². The Hall–Kier alpha value is -2.16. The molecule has 1 aromatic heterocycles. The number of halogens is 5. The Morgan fingerprint density at radius 1 is 1.27 bits per heavy atom. The first-order valence-electron chi connectivity index (χ1n) is 5.55. The lowest BCUT2D eigenvalue weighted by molar-refractivity contribution is -0.289. The van der Waals surface area contributed by atoms with E-state index < -0.39 is 33.6 Å². The molecule has 1 aliphatic rings. The van der Waals surface area contributed by atoms with Crippen molar-refractivity contribution in [3.05, 3.63) is 5.01 Å². The fraction of sp³-hybridized carbons (Fsp3) is 0.500. The molecule has 0 saturated heterocycles. The number of Topliss-reactive ketones (excluding diaryl/α,β-unsaturated/α-hetero) is 1. The van der Waals surface area contributed by atoms with Gasteiger partial charge in [-0.3, -0.25) is 14.9 Å². The van der Waals surface area contributed by atoms with E-state index in [1.807, 2.05) is 5.32 Å². The molecule has 1 N–H and O–H groups in total. The van der Waals surface area contributed by atoms with Crippen molar-refractivity contribution >= 4 is 28.2 Å². The van der Waals surface area contributed by atoms with Crippen molar-refractivity contribution < 1.29 is 31.5 Å². The molecule has 0 aromatic carbocycles. The summed E-state index contributed by atoms with van der Waals surface area (Å²) in [4.78, 5) is 22.7. The van der Waals surface area contributed by atoms with Gasteiger partial charge in [-0.05, 0) is 0 Å². The van der Waals surface area contributed by atoms with Crippen LogP contribution in [0.25, 0.3) is 0 Å². The van der Waals surface area contributed by atoms with Gasteiger partial charge in [0.2, 0.25) is 11.0 Å². The number of nitrogens with one attached hydrogen (secondary N) is 1. The van der Waals surface area contributed by atoms with Crippen molar-refractivity contribution in [2.45, 2.75) is 24.9 Å². The van der Waals surface area contributed by atoms with E-state index in [0.29, 0.717) is 0 Å². The van der Waals surface area contributed by atoms with Crippen LogP contribution < -0.4 is 5.32 Å². The first-order valence-corrected chi connectivity index (χ1v) is 6.36. The van der Waals surface area contributed by atoms with Gasteiger partial charge in [0.1, 0.15) is 11.2 Å². The fourth-order valence-electron chi connectivity index (χ4n) is 1.65. The number of alkyl halides is 5. The van der Waals surface area contributed by atoms with E-state index in [-0.39, 0.29) is 30.0 Å². The number of nitriles is 1. The highest BCUT2D eigenvalue weighted by atomic mass is 32.1. The van der Waals surface area contributed by atoms with Crippen LogP contribution in [0.5, 0.6) is 0 Å². The van der Waals surface area contributed by atoms with E-state index in [2.05, 4.69) is 10.2 Å². The number of carbonyl (C=O) groups excluding carboxylic acids is 2. The Morgan fingerprint density at radius 3 is 2.32 bits per heavy atom. The van der Waals surface area contributed by atoms with Gasteiger partial charge < -0.3 is 0 Å². The summed E-state index contributed by atoms with van der Waals surface area (Å²) < 4.78 is 62.5. The number of amides is 1. The predicted molar refractivity (Wildman–Crippen MR) is 60.8 cm³/mol. The third-order valence-corrected chi connectivity index (χ3v) is 3.83. The molecular formula is C10H5F5N4O2S. The minimum atomic E-state index is -5.85. The third-order valence-electron chi connectivity index (χ3n) is 2.92. The van der Waals surface area contributed by atoms with Crippen LogP contribution >= 0.6 is 11.3 Å². The number of nitrogens with zero attached hydrogens (tertiary/aromatic N) is 3. The Morgan fingerprint density at radius 2 is 1.86 bits per heavy atom. The van der Waals surface area contributed by atoms with Crippen LogP contribution in [0.3, 0.4) is 0 Å². The highest BCUT2D eigenvalue weighted by Crippen LogP contribution is 2.45. The number of anilines is 1. The molecule has 1 aromatic rings. The van der Waals surface area contributed by atoms with Gasteiger partial charge >= 0.3 is 12.1 Å². The summed E-state index contributed by atoms with van der Waals surface area (Å²) in [5.41, 5.74) is -1.64. The molecule has 12 heteroatoms. The van der Waals surface area contributed by atoms with Gasteiger partial charge in [-0.15, -0.1) is 10.2 Å². The van der Waals surface area contributed by atoms with Crippen LogP contribution in [0, 0.1) is 16.7 Å². The van der Waals surface area contributed by atoms with Crippen LogP contribution in [0.15, 0.2) is 0 Å². The lowest BCUT2D eigenvalue weighted by Gasteiger charge is -2.31. The maximum Gasteiger partial charge on any atom is 0.460 e. The van der Waals surface area contributed by atoms with Crippen molar-refractivity contribution in [3.8, 4) is 6.07 Å². The van der Waals surface area contributed by atoms with E-state index in [1.165, 1.54) is 0 Å². The quantitative estimate of drug-likeness (QED) is 0.849. The number of ketones is 1. The predicted octanol–water partition coefficient (Wildman–Crippen LogP) is 2.00. The average molecular weight is 340 g/mol. The topological polar surface area (TPSA) is 95.7 Å². The van der Waals surface area contributed by atoms with Gasteiger partial charge in [0, 0.05) is 12.8 Å². The second kappa shape index (κ2) is 4.94. The molecule has 0 radical (unpaired) electrons. The molecule has 0 aliphatic heterocycles. The molecule has 2 rings (SSSR count). The standard InChI is InChI=1S/C10H5F5N4O2S/c11-9(12,10(13,14)15)6-18-19-7(22-6)17-5(21)8(3-16)1-4(20)2-8/h1-2H2,(H,17,19,21). The zero-order chi connectivity index (χ0) is 16.8. The van der Waals surface area contributed by atoms with Gasteiger partial charge in [0.25, 0.3) is 0 Å². The maximum absolute atomic E-state index is 13.0. The first-order chi connectivity index (χ1) is 10.0. The Kier molecular flexibility index (Phi) is 3.64. The van der Waals surface area contributed by atoms with Crippen molar-refractivity contribution in [2.24, 2.45) is 5.41 Å². The number of aromatic nitrogens is 2. The molecule has 1 heterocycles. The molecule has 118 valence electrons. The smallest absolute Gasteiger partial charge is 0.300 e. The van der Waals surface area contributed by atoms with Gasteiger partial charge in [0.05, 0.1) is 6.07 Å². The van der Waals surface area contributed by atoms with Crippen molar-refractivity contribution in [1.82, 2.24) is 10.2 Å². The van der Waals surface area contributed by atoms with Gasteiger partial charge in [-0.1, -0.05) is 11.3 Å². The van der Waals surface area contributed by atoms with Crippen molar-refractivity contribution in [1.29, 1.82) is 5.26 Å². The summed E-state index contributed by atoms with van der Waals surface area (Å²) in [5, 5.41) is 14.3. The SMILES string of the molecule is N#CC1(C(=O)Nc2nnc(C(F)(F)C(F)(F)F)s2)CC(=O)C1. The first kappa shape index (κ1) is 16.2. The maximum atomic E-state index is 13.0. The fourth-order valence-corrected chi connectivity index (χ4v) is 2.38. The lowest BCUT2D eigenvalue weighted by Crippen LogP contribution is -2.46. The van der Waals surface area contributed by atoms with Crippen LogP contribution in [-0.4, -0.2) is 28.1 Å². The molecule has 6 nitrogen and oxygen atoms in total. The Balaban J connectivity index is 2.15. The average Bonchev–Trinajstić information content (AvgIpc) is 2.82. The summed E-state index contributed by atoms with van der Waals surface area (Å²) in [6.07, 6.45) is -6.54. The molecule has 1 saturated carbocycles. The number of hydrogen-bond donors (Lipinski definition) is 1.